The molecular weight excluding hydrogens is 416 g/mol. The van der Waals surface area contributed by atoms with Crippen LogP contribution in [0.4, 0.5) is 0 Å². The first kappa shape index (κ1) is 18.4. The zero-order valence-corrected chi connectivity index (χ0v) is 16.8. The molecule has 0 radical (unpaired) electrons. The molecule has 5 nitrogen and oxygen atoms in total. The van der Waals surface area contributed by atoms with Gasteiger partial charge in [0.25, 0.3) is 0 Å². The average Bonchev–Trinajstić information content (AvgIpc) is 3.12. The highest BCUT2D eigenvalue weighted by molar-refractivity contribution is 9.10. The highest BCUT2D eigenvalue weighted by Crippen LogP contribution is 2.34. The first-order valence-corrected chi connectivity index (χ1v) is 9.62. The molecule has 0 spiro atoms. The van der Waals surface area contributed by atoms with Gasteiger partial charge in [-0.15, -0.1) is 0 Å². The summed E-state index contributed by atoms with van der Waals surface area (Å²) in [4.78, 5) is 4.43. The SMILES string of the molecule is Cc1ccc(C#N)nc1C[C@H](N)c1ccccc1-c1noc2cc(Br)ccc12. The van der Waals surface area contributed by atoms with Gasteiger partial charge in [-0.1, -0.05) is 51.4 Å². The summed E-state index contributed by atoms with van der Waals surface area (Å²) in [5.74, 6) is 0. The number of aromatic nitrogens is 2. The van der Waals surface area contributed by atoms with Gasteiger partial charge in [-0.25, -0.2) is 4.98 Å². The predicted octanol–water partition coefficient (Wildman–Crippen LogP) is 5.07. The average molecular weight is 433 g/mol. The van der Waals surface area contributed by atoms with Crippen LogP contribution in [0.2, 0.25) is 0 Å². The summed E-state index contributed by atoms with van der Waals surface area (Å²) in [5, 5.41) is 14.4. The summed E-state index contributed by atoms with van der Waals surface area (Å²) >= 11 is 3.45. The lowest BCUT2D eigenvalue weighted by molar-refractivity contribution is 0.459. The van der Waals surface area contributed by atoms with Gasteiger partial charge in [0.2, 0.25) is 0 Å². The highest BCUT2D eigenvalue weighted by atomic mass is 79.9. The Bertz CT molecular complexity index is 1210. The molecule has 0 bridgehead atoms. The van der Waals surface area contributed by atoms with Crippen LogP contribution in [0.15, 0.2) is 63.6 Å². The second-order valence-electron chi connectivity index (χ2n) is 6.64. The molecular formula is C22H17BrN4O. The Balaban J connectivity index is 1.74. The molecule has 0 aliphatic rings. The van der Waals surface area contributed by atoms with Crippen molar-refractivity contribution in [3.8, 4) is 17.3 Å². The number of hydrogen-bond acceptors (Lipinski definition) is 5. The van der Waals surface area contributed by atoms with E-state index in [2.05, 4.69) is 32.1 Å². The molecule has 0 aliphatic heterocycles. The van der Waals surface area contributed by atoms with Crippen LogP contribution in [-0.4, -0.2) is 10.1 Å². The topological polar surface area (TPSA) is 88.7 Å². The minimum atomic E-state index is -0.293. The Morgan fingerprint density at radius 2 is 2.00 bits per heavy atom. The van der Waals surface area contributed by atoms with Crippen LogP contribution in [-0.2, 0) is 6.42 Å². The number of fused-ring (bicyclic) bond motifs is 1. The molecule has 0 aliphatic carbocycles. The molecule has 0 saturated heterocycles. The third-order valence-corrected chi connectivity index (χ3v) is 5.27. The van der Waals surface area contributed by atoms with E-state index in [1.54, 1.807) is 6.07 Å². The molecule has 2 heterocycles. The van der Waals surface area contributed by atoms with E-state index in [-0.39, 0.29) is 6.04 Å². The van der Waals surface area contributed by atoms with E-state index in [0.29, 0.717) is 17.7 Å². The van der Waals surface area contributed by atoms with Crippen LogP contribution in [0, 0.1) is 18.3 Å². The lowest BCUT2D eigenvalue weighted by atomic mass is 9.93. The lowest BCUT2D eigenvalue weighted by Gasteiger charge is -2.16. The zero-order valence-electron chi connectivity index (χ0n) is 15.2. The number of benzene rings is 2. The monoisotopic (exact) mass is 432 g/mol. The number of rotatable bonds is 4. The molecule has 2 aromatic heterocycles. The van der Waals surface area contributed by atoms with E-state index in [9.17, 15) is 0 Å². The van der Waals surface area contributed by atoms with Gasteiger partial charge in [-0.05, 0) is 42.3 Å². The maximum Gasteiger partial charge on any atom is 0.168 e. The molecule has 0 saturated carbocycles. The summed E-state index contributed by atoms with van der Waals surface area (Å²) < 4.78 is 6.45. The third-order valence-electron chi connectivity index (χ3n) is 4.78. The molecule has 1 atom stereocenters. The Labute approximate surface area is 170 Å². The predicted molar refractivity (Wildman–Crippen MR) is 111 cm³/mol. The van der Waals surface area contributed by atoms with Gasteiger partial charge < -0.3 is 10.3 Å². The van der Waals surface area contributed by atoms with Gasteiger partial charge in [-0.3, -0.25) is 0 Å². The minimum absolute atomic E-state index is 0.293. The molecule has 0 fully saturated rings. The van der Waals surface area contributed by atoms with Crippen LogP contribution in [0.25, 0.3) is 22.2 Å². The van der Waals surface area contributed by atoms with Crippen molar-refractivity contribution in [2.75, 3.05) is 0 Å². The summed E-state index contributed by atoms with van der Waals surface area (Å²) in [7, 11) is 0. The van der Waals surface area contributed by atoms with Gasteiger partial charge >= 0.3 is 0 Å². The summed E-state index contributed by atoms with van der Waals surface area (Å²) in [6.45, 7) is 1.98. The number of pyridine rings is 1. The second-order valence-corrected chi connectivity index (χ2v) is 7.56. The molecule has 2 aromatic carbocycles. The number of nitrogens with two attached hydrogens (primary N) is 1. The number of halogens is 1. The Morgan fingerprint density at radius 3 is 2.82 bits per heavy atom. The molecule has 0 unspecified atom stereocenters. The fourth-order valence-electron chi connectivity index (χ4n) is 3.30. The lowest BCUT2D eigenvalue weighted by Crippen LogP contribution is -2.16. The molecule has 4 rings (SSSR count). The first-order valence-electron chi connectivity index (χ1n) is 8.83. The maximum atomic E-state index is 9.13. The van der Waals surface area contributed by atoms with Crippen LogP contribution in [0.5, 0.6) is 0 Å². The van der Waals surface area contributed by atoms with Crippen molar-refractivity contribution in [3.63, 3.8) is 0 Å². The van der Waals surface area contributed by atoms with Crippen molar-refractivity contribution in [1.29, 1.82) is 5.26 Å². The molecule has 28 heavy (non-hydrogen) atoms. The van der Waals surface area contributed by atoms with Crippen molar-refractivity contribution in [1.82, 2.24) is 10.1 Å². The Morgan fingerprint density at radius 1 is 1.18 bits per heavy atom. The van der Waals surface area contributed by atoms with Crippen molar-refractivity contribution in [2.45, 2.75) is 19.4 Å². The second kappa shape index (κ2) is 7.55. The summed E-state index contributed by atoms with van der Waals surface area (Å²) in [5.41, 5.74) is 12.2. The van der Waals surface area contributed by atoms with Crippen LogP contribution < -0.4 is 5.73 Å². The fraction of sp³-hybridized carbons (Fsp3) is 0.136. The van der Waals surface area contributed by atoms with E-state index in [1.807, 2.05) is 55.5 Å². The highest BCUT2D eigenvalue weighted by Gasteiger charge is 2.19. The van der Waals surface area contributed by atoms with Gasteiger partial charge in [0.15, 0.2) is 5.58 Å². The molecule has 4 aromatic rings. The third kappa shape index (κ3) is 3.42. The number of nitriles is 1. The van der Waals surface area contributed by atoms with Crippen LogP contribution in [0.1, 0.15) is 28.6 Å². The number of hydrogen-bond donors (Lipinski definition) is 1. The van der Waals surface area contributed by atoms with E-state index in [1.165, 1.54) is 0 Å². The van der Waals surface area contributed by atoms with Crippen LogP contribution in [0.3, 0.4) is 0 Å². The van der Waals surface area contributed by atoms with Crippen molar-refractivity contribution in [2.24, 2.45) is 5.73 Å². The van der Waals surface area contributed by atoms with Gasteiger partial charge in [0.1, 0.15) is 17.5 Å². The van der Waals surface area contributed by atoms with Crippen LogP contribution >= 0.6 is 15.9 Å². The molecule has 0 amide bonds. The van der Waals surface area contributed by atoms with E-state index in [0.717, 1.165) is 37.9 Å². The minimum Gasteiger partial charge on any atom is -0.356 e. The van der Waals surface area contributed by atoms with Crippen molar-refractivity contribution in [3.05, 3.63) is 81.6 Å². The summed E-state index contributed by atoms with van der Waals surface area (Å²) in [6, 6.07) is 19.2. The smallest absolute Gasteiger partial charge is 0.168 e. The standard InChI is InChI=1S/C22H17BrN4O/c1-13-6-8-15(12-24)26-20(13)11-19(25)16-4-2-3-5-17(16)22-18-9-7-14(23)10-21(18)28-27-22/h2-10,19H,11,25H2,1H3/t19-/m0/s1. The first-order chi connectivity index (χ1) is 13.6. The fourth-order valence-corrected chi connectivity index (χ4v) is 3.64. The Kier molecular flexibility index (Phi) is 4.95. The zero-order chi connectivity index (χ0) is 19.7. The quantitative estimate of drug-likeness (QED) is 0.485. The van der Waals surface area contributed by atoms with Crippen molar-refractivity contribution < 1.29 is 4.52 Å². The van der Waals surface area contributed by atoms with Gasteiger partial charge in [0, 0.05) is 33.6 Å². The molecule has 138 valence electrons. The van der Waals surface area contributed by atoms with Crippen molar-refractivity contribution >= 4 is 26.9 Å². The van der Waals surface area contributed by atoms with Gasteiger partial charge in [0.05, 0.1) is 0 Å². The molecule has 6 heteroatoms. The largest absolute Gasteiger partial charge is 0.356 e. The van der Waals surface area contributed by atoms with E-state index in [4.69, 9.17) is 15.5 Å². The van der Waals surface area contributed by atoms with E-state index < -0.39 is 0 Å². The van der Waals surface area contributed by atoms with Gasteiger partial charge in [-0.2, -0.15) is 5.26 Å². The number of aryl methyl sites for hydroxylation is 1. The maximum absolute atomic E-state index is 9.13. The molecule has 2 N–H and O–H groups in total. The normalized spacial score (nSPS) is 12.1. The van der Waals surface area contributed by atoms with E-state index >= 15 is 0 Å². The Hall–Kier alpha value is -3.01. The summed E-state index contributed by atoms with van der Waals surface area (Å²) in [6.07, 6.45) is 0.527. The number of nitrogens with zero attached hydrogens (tertiary/aromatic N) is 3.